The van der Waals surface area contributed by atoms with Crippen molar-refractivity contribution in [2.75, 3.05) is 11.8 Å². The van der Waals surface area contributed by atoms with Gasteiger partial charge in [0.2, 0.25) is 0 Å². The van der Waals surface area contributed by atoms with Crippen molar-refractivity contribution in [3.05, 3.63) is 57.2 Å². The van der Waals surface area contributed by atoms with Crippen molar-refractivity contribution in [3.8, 4) is 0 Å². The van der Waals surface area contributed by atoms with Crippen molar-refractivity contribution in [1.29, 1.82) is 0 Å². The summed E-state index contributed by atoms with van der Waals surface area (Å²) in [6, 6.07) is 14.2. The summed E-state index contributed by atoms with van der Waals surface area (Å²) in [7, 11) is 0. The monoisotopic (exact) mass is 318 g/mol. The summed E-state index contributed by atoms with van der Waals surface area (Å²) in [5, 5.41) is 0. The van der Waals surface area contributed by atoms with Crippen LogP contribution < -0.4 is 0 Å². The predicted molar refractivity (Wildman–Crippen MR) is 82.6 cm³/mol. The van der Waals surface area contributed by atoms with E-state index in [0.717, 1.165) is 10.8 Å². The molecule has 0 aliphatic heterocycles. The molecule has 1 aromatic heterocycles. The zero-order valence-electron chi connectivity index (χ0n) is 9.70. The van der Waals surface area contributed by atoms with Gasteiger partial charge in [0.25, 0.3) is 0 Å². The third kappa shape index (κ3) is 3.03. The van der Waals surface area contributed by atoms with Crippen molar-refractivity contribution < 1.29 is 0 Å². The van der Waals surface area contributed by atoms with E-state index in [1.54, 1.807) is 11.3 Å². The Balaban J connectivity index is 2.32. The van der Waals surface area contributed by atoms with Crippen molar-refractivity contribution >= 4 is 46.1 Å². The number of thiophene rings is 1. The Morgan fingerprint density at radius 2 is 1.61 bits per heavy atom. The second-order valence-corrected chi connectivity index (χ2v) is 6.63. The van der Waals surface area contributed by atoms with E-state index in [4.69, 9.17) is 34.8 Å². The molecule has 2 rings (SSSR count). The fourth-order valence-electron chi connectivity index (χ4n) is 1.96. The third-order valence-corrected chi connectivity index (χ3v) is 5.29. The van der Waals surface area contributed by atoms with Crippen molar-refractivity contribution in [2.24, 2.45) is 0 Å². The first-order valence-corrected chi connectivity index (χ1v) is 7.88. The van der Waals surface area contributed by atoms with E-state index in [2.05, 4.69) is 12.1 Å². The van der Waals surface area contributed by atoms with Gasteiger partial charge in [-0.25, -0.2) is 0 Å². The Morgan fingerprint density at radius 3 is 2.11 bits per heavy atom. The SMILES string of the molecule is ClCC(CCl)(Cc1ccc(Cl)s1)c1ccccc1. The van der Waals surface area contributed by atoms with Crippen molar-refractivity contribution in [3.63, 3.8) is 0 Å². The molecular formula is C14H13Cl3S. The van der Waals surface area contributed by atoms with Crippen LogP contribution in [0.5, 0.6) is 0 Å². The molecule has 0 fully saturated rings. The topological polar surface area (TPSA) is 0 Å². The Kier molecular flexibility index (Phi) is 4.97. The Labute approximate surface area is 126 Å². The fraction of sp³-hybridized carbons (Fsp3) is 0.286. The van der Waals surface area contributed by atoms with E-state index in [9.17, 15) is 0 Å². The zero-order valence-corrected chi connectivity index (χ0v) is 12.8. The van der Waals surface area contributed by atoms with Gasteiger partial charge in [-0.3, -0.25) is 0 Å². The van der Waals surface area contributed by atoms with E-state index in [-0.39, 0.29) is 5.41 Å². The lowest BCUT2D eigenvalue weighted by Gasteiger charge is -2.29. The van der Waals surface area contributed by atoms with E-state index in [1.807, 2.05) is 30.3 Å². The van der Waals surface area contributed by atoms with Crippen LogP contribution in [0.15, 0.2) is 42.5 Å². The van der Waals surface area contributed by atoms with Gasteiger partial charge in [-0.1, -0.05) is 41.9 Å². The van der Waals surface area contributed by atoms with Crippen LogP contribution in [0.3, 0.4) is 0 Å². The van der Waals surface area contributed by atoms with Gasteiger partial charge in [0.15, 0.2) is 0 Å². The molecule has 96 valence electrons. The number of alkyl halides is 2. The first kappa shape index (κ1) is 14.2. The average Bonchev–Trinajstić information content (AvgIpc) is 2.82. The van der Waals surface area contributed by atoms with Crippen molar-refractivity contribution in [1.82, 2.24) is 0 Å². The minimum absolute atomic E-state index is 0.224. The average molecular weight is 320 g/mol. The summed E-state index contributed by atoms with van der Waals surface area (Å²) in [6.07, 6.45) is 0.821. The quantitative estimate of drug-likeness (QED) is 0.651. The minimum Gasteiger partial charge on any atom is -0.128 e. The summed E-state index contributed by atoms with van der Waals surface area (Å²) in [5.74, 6) is 0.992. The van der Waals surface area contributed by atoms with Gasteiger partial charge in [0.1, 0.15) is 0 Å². The number of halogens is 3. The lowest BCUT2D eigenvalue weighted by atomic mass is 9.80. The molecule has 1 heterocycles. The van der Waals surface area contributed by atoms with Gasteiger partial charge in [0.05, 0.1) is 4.34 Å². The van der Waals surface area contributed by atoms with E-state index < -0.39 is 0 Å². The van der Waals surface area contributed by atoms with E-state index >= 15 is 0 Å². The molecule has 0 nitrogen and oxygen atoms in total. The number of rotatable bonds is 5. The highest BCUT2D eigenvalue weighted by Crippen LogP contribution is 2.34. The number of benzene rings is 1. The lowest BCUT2D eigenvalue weighted by Crippen LogP contribution is -2.32. The molecule has 0 N–H and O–H groups in total. The molecule has 0 unspecified atom stereocenters. The predicted octanol–water partition coefficient (Wildman–Crippen LogP) is 5.36. The summed E-state index contributed by atoms with van der Waals surface area (Å²) < 4.78 is 0.802. The first-order valence-electron chi connectivity index (χ1n) is 5.62. The molecule has 4 heteroatoms. The van der Waals surface area contributed by atoms with Gasteiger partial charge < -0.3 is 0 Å². The molecule has 0 aliphatic rings. The van der Waals surface area contributed by atoms with Crippen LogP contribution in [0.25, 0.3) is 0 Å². The van der Waals surface area contributed by atoms with E-state index in [1.165, 1.54) is 10.4 Å². The highest BCUT2D eigenvalue weighted by Gasteiger charge is 2.31. The summed E-state index contributed by atoms with van der Waals surface area (Å²) in [6.45, 7) is 0. The normalized spacial score (nSPS) is 11.7. The minimum atomic E-state index is -0.224. The van der Waals surface area contributed by atoms with Crippen molar-refractivity contribution in [2.45, 2.75) is 11.8 Å². The van der Waals surface area contributed by atoms with Gasteiger partial charge in [-0.05, 0) is 24.1 Å². The zero-order chi connectivity index (χ0) is 13.0. The molecule has 0 amide bonds. The molecule has 18 heavy (non-hydrogen) atoms. The second-order valence-electron chi connectivity index (χ2n) is 4.30. The van der Waals surface area contributed by atoms with Gasteiger partial charge in [-0.15, -0.1) is 34.5 Å². The maximum Gasteiger partial charge on any atom is 0.0931 e. The van der Waals surface area contributed by atoms with Gasteiger partial charge in [-0.2, -0.15) is 0 Å². The Bertz CT molecular complexity index is 489. The van der Waals surface area contributed by atoms with Crippen LogP contribution in [0, 0.1) is 0 Å². The molecule has 0 saturated carbocycles. The first-order chi connectivity index (χ1) is 8.70. The van der Waals surface area contributed by atoms with Crippen LogP contribution >= 0.6 is 46.1 Å². The molecular weight excluding hydrogens is 307 g/mol. The molecule has 0 aliphatic carbocycles. The second kappa shape index (κ2) is 6.29. The van der Waals surface area contributed by atoms with Crippen LogP contribution in [0.1, 0.15) is 10.4 Å². The van der Waals surface area contributed by atoms with Crippen LogP contribution in [-0.2, 0) is 11.8 Å². The fourth-order valence-corrected chi connectivity index (χ4v) is 3.97. The molecule has 2 aromatic rings. The molecule has 0 saturated heterocycles. The molecule has 0 atom stereocenters. The van der Waals surface area contributed by atoms with E-state index in [0.29, 0.717) is 11.8 Å². The third-order valence-electron chi connectivity index (χ3n) is 3.04. The van der Waals surface area contributed by atoms with Gasteiger partial charge in [0, 0.05) is 22.1 Å². The van der Waals surface area contributed by atoms with Crippen LogP contribution in [0.2, 0.25) is 4.34 Å². The standard InChI is InChI=1S/C14H13Cl3S/c15-9-14(10-16,11-4-2-1-3-5-11)8-12-6-7-13(17)18-12/h1-7H,8-10H2. The largest absolute Gasteiger partial charge is 0.128 e. The summed E-state index contributed by atoms with van der Waals surface area (Å²) >= 11 is 20.0. The smallest absolute Gasteiger partial charge is 0.0931 e. The molecule has 0 bridgehead atoms. The molecule has 0 radical (unpaired) electrons. The van der Waals surface area contributed by atoms with Crippen LogP contribution in [0.4, 0.5) is 0 Å². The molecule has 1 aromatic carbocycles. The Hall–Kier alpha value is -0.210. The Morgan fingerprint density at radius 1 is 0.944 bits per heavy atom. The summed E-state index contributed by atoms with van der Waals surface area (Å²) in [5.41, 5.74) is 0.956. The number of hydrogen-bond acceptors (Lipinski definition) is 1. The van der Waals surface area contributed by atoms with Gasteiger partial charge >= 0.3 is 0 Å². The highest BCUT2D eigenvalue weighted by atomic mass is 35.5. The maximum absolute atomic E-state index is 6.20. The molecule has 0 spiro atoms. The number of hydrogen-bond donors (Lipinski definition) is 0. The highest BCUT2D eigenvalue weighted by molar-refractivity contribution is 7.16. The van der Waals surface area contributed by atoms with Crippen LogP contribution in [-0.4, -0.2) is 11.8 Å². The lowest BCUT2D eigenvalue weighted by molar-refractivity contribution is 0.541. The maximum atomic E-state index is 6.20. The summed E-state index contributed by atoms with van der Waals surface area (Å²) in [4.78, 5) is 1.21.